The second-order valence-electron chi connectivity index (χ2n) is 7.10. The number of aryl methyl sites for hydroxylation is 2. The SMILES string of the molecule is Cc1ccc(C)c(NC(=O)N2CCN(c3cc(-c4cccnc4)[nH]n3)CC2)c1. The van der Waals surface area contributed by atoms with Gasteiger partial charge in [0.25, 0.3) is 0 Å². The highest BCUT2D eigenvalue weighted by atomic mass is 16.2. The number of piperazine rings is 1. The Bertz CT molecular complexity index is 960. The van der Waals surface area contributed by atoms with Gasteiger partial charge in [0.15, 0.2) is 5.82 Å². The Balaban J connectivity index is 1.36. The number of rotatable bonds is 3. The Labute approximate surface area is 164 Å². The molecule has 144 valence electrons. The van der Waals surface area contributed by atoms with Crippen LogP contribution in [0, 0.1) is 13.8 Å². The molecule has 1 fully saturated rings. The summed E-state index contributed by atoms with van der Waals surface area (Å²) in [5.41, 5.74) is 5.03. The zero-order valence-corrected chi connectivity index (χ0v) is 16.1. The van der Waals surface area contributed by atoms with Gasteiger partial charge in [-0.3, -0.25) is 10.1 Å². The highest BCUT2D eigenvalue weighted by molar-refractivity contribution is 5.90. The number of benzene rings is 1. The van der Waals surface area contributed by atoms with Gasteiger partial charge in [-0.15, -0.1) is 0 Å². The summed E-state index contributed by atoms with van der Waals surface area (Å²) in [6, 6.07) is 12.0. The summed E-state index contributed by atoms with van der Waals surface area (Å²) in [6.45, 7) is 6.84. The molecule has 7 heteroatoms. The van der Waals surface area contributed by atoms with E-state index in [4.69, 9.17) is 0 Å². The molecule has 2 amide bonds. The second-order valence-corrected chi connectivity index (χ2v) is 7.10. The fraction of sp³-hybridized carbons (Fsp3) is 0.286. The first kappa shape index (κ1) is 18.0. The number of aromatic nitrogens is 3. The van der Waals surface area contributed by atoms with Gasteiger partial charge in [-0.1, -0.05) is 12.1 Å². The standard InChI is InChI=1S/C21H24N6O/c1-15-5-6-16(2)18(12-15)23-21(28)27-10-8-26(9-11-27)20-13-19(24-25-20)17-4-3-7-22-14-17/h3-7,12-14H,8-11H2,1-2H3,(H,23,28)(H,24,25). The van der Waals surface area contributed by atoms with Crippen molar-refractivity contribution < 1.29 is 4.79 Å². The molecule has 4 rings (SSSR count). The molecular formula is C21H24N6O. The fourth-order valence-corrected chi connectivity index (χ4v) is 3.35. The Hall–Kier alpha value is -3.35. The number of nitrogens with one attached hydrogen (secondary N) is 2. The first-order valence-electron chi connectivity index (χ1n) is 9.44. The molecule has 3 aromatic rings. The Morgan fingerprint density at radius 3 is 2.68 bits per heavy atom. The lowest BCUT2D eigenvalue weighted by molar-refractivity contribution is 0.208. The number of amides is 2. The lowest BCUT2D eigenvalue weighted by atomic mass is 10.1. The van der Waals surface area contributed by atoms with E-state index in [1.54, 1.807) is 6.20 Å². The van der Waals surface area contributed by atoms with Gasteiger partial charge in [-0.25, -0.2) is 4.79 Å². The number of aromatic amines is 1. The lowest BCUT2D eigenvalue weighted by Gasteiger charge is -2.34. The van der Waals surface area contributed by atoms with Crippen LogP contribution in [0.5, 0.6) is 0 Å². The molecule has 0 unspecified atom stereocenters. The molecule has 7 nitrogen and oxygen atoms in total. The van der Waals surface area contributed by atoms with Crippen LogP contribution in [0.3, 0.4) is 0 Å². The van der Waals surface area contributed by atoms with Crippen molar-refractivity contribution in [2.24, 2.45) is 0 Å². The average Bonchev–Trinajstić information content (AvgIpc) is 3.22. The van der Waals surface area contributed by atoms with Crippen molar-refractivity contribution in [1.82, 2.24) is 20.1 Å². The van der Waals surface area contributed by atoms with Crippen LogP contribution in [0.2, 0.25) is 0 Å². The van der Waals surface area contributed by atoms with E-state index in [-0.39, 0.29) is 6.03 Å². The van der Waals surface area contributed by atoms with Crippen LogP contribution >= 0.6 is 0 Å². The maximum atomic E-state index is 12.6. The molecule has 0 radical (unpaired) electrons. The van der Waals surface area contributed by atoms with Crippen molar-refractivity contribution in [2.45, 2.75) is 13.8 Å². The summed E-state index contributed by atoms with van der Waals surface area (Å²) >= 11 is 0. The first-order chi connectivity index (χ1) is 13.6. The minimum Gasteiger partial charge on any atom is -0.352 e. The Morgan fingerprint density at radius 2 is 1.93 bits per heavy atom. The van der Waals surface area contributed by atoms with Crippen molar-refractivity contribution in [1.29, 1.82) is 0 Å². The number of pyridine rings is 1. The minimum atomic E-state index is -0.0496. The molecule has 1 saturated heterocycles. The van der Waals surface area contributed by atoms with Crippen molar-refractivity contribution in [3.05, 3.63) is 59.9 Å². The maximum Gasteiger partial charge on any atom is 0.321 e. The third-order valence-corrected chi connectivity index (χ3v) is 5.06. The van der Waals surface area contributed by atoms with Crippen LogP contribution in [0.15, 0.2) is 48.8 Å². The van der Waals surface area contributed by atoms with Gasteiger partial charge >= 0.3 is 6.03 Å². The van der Waals surface area contributed by atoms with E-state index in [0.717, 1.165) is 47.0 Å². The molecule has 28 heavy (non-hydrogen) atoms. The number of anilines is 2. The predicted octanol–water partition coefficient (Wildman–Crippen LogP) is 3.44. The van der Waals surface area contributed by atoms with Crippen molar-refractivity contribution in [3.63, 3.8) is 0 Å². The maximum absolute atomic E-state index is 12.6. The second kappa shape index (κ2) is 7.72. The van der Waals surface area contributed by atoms with Crippen LogP contribution in [-0.4, -0.2) is 52.3 Å². The molecule has 1 aliphatic rings. The van der Waals surface area contributed by atoms with Crippen molar-refractivity contribution >= 4 is 17.5 Å². The third kappa shape index (κ3) is 3.83. The van der Waals surface area contributed by atoms with Crippen molar-refractivity contribution in [3.8, 4) is 11.3 Å². The summed E-state index contributed by atoms with van der Waals surface area (Å²) in [5, 5.41) is 10.5. The van der Waals surface area contributed by atoms with Crippen LogP contribution in [-0.2, 0) is 0 Å². The summed E-state index contributed by atoms with van der Waals surface area (Å²) in [4.78, 5) is 20.8. The van der Waals surface area contributed by atoms with Crippen molar-refractivity contribution in [2.75, 3.05) is 36.4 Å². The smallest absolute Gasteiger partial charge is 0.321 e. The van der Waals surface area contributed by atoms with E-state index in [0.29, 0.717) is 13.1 Å². The zero-order chi connectivity index (χ0) is 19.5. The van der Waals surface area contributed by atoms with Crippen LogP contribution in [0.4, 0.5) is 16.3 Å². The number of hydrogen-bond donors (Lipinski definition) is 2. The number of hydrogen-bond acceptors (Lipinski definition) is 4. The summed E-state index contributed by atoms with van der Waals surface area (Å²) in [7, 11) is 0. The summed E-state index contributed by atoms with van der Waals surface area (Å²) in [5.74, 6) is 0.897. The molecule has 2 aromatic heterocycles. The molecule has 2 N–H and O–H groups in total. The summed E-state index contributed by atoms with van der Waals surface area (Å²) in [6.07, 6.45) is 3.57. The average molecular weight is 376 g/mol. The fourth-order valence-electron chi connectivity index (χ4n) is 3.35. The quantitative estimate of drug-likeness (QED) is 0.734. The molecule has 3 heterocycles. The minimum absolute atomic E-state index is 0.0496. The van der Waals surface area contributed by atoms with Crippen LogP contribution < -0.4 is 10.2 Å². The van der Waals surface area contributed by atoms with Gasteiger partial charge in [0.2, 0.25) is 0 Å². The van der Waals surface area contributed by atoms with Gasteiger partial charge in [0.05, 0.1) is 5.69 Å². The Kier molecular flexibility index (Phi) is 4.97. The van der Waals surface area contributed by atoms with Gasteiger partial charge in [-0.05, 0) is 43.2 Å². The van der Waals surface area contributed by atoms with E-state index in [1.807, 2.05) is 61.3 Å². The molecule has 0 aliphatic carbocycles. The lowest BCUT2D eigenvalue weighted by Crippen LogP contribution is -2.50. The van der Waals surface area contributed by atoms with E-state index in [2.05, 4.69) is 25.4 Å². The van der Waals surface area contributed by atoms with E-state index in [9.17, 15) is 4.79 Å². The van der Waals surface area contributed by atoms with Crippen LogP contribution in [0.1, 0.15) is 11.1 Å². The van der Waals surface area contributed by atoms with Gasteiger partial charge in [-0.2, -0.15) is 5.10 Å². The topological polar surface area (TPSA) is 77.2 Å². The highest BCUT2D eigenvalue weighted by Gasteiger charge is 2.23. The largest absolute Gasteiger partial charge is 0.352 e. The number of urea groups is 1. The van der Waals surface area contributed by atoms with E-state index < -0.39 is 0 Å². The Morgan fingerprint density at radius 1 is 1.11 bits per heavy atom. The molecule has 0 spiro atoms. The number of carbonyl (C=O) groups excluding carboxylic acids is 1. The molecule has 1 aliphatic heterocycles. The number of H-pyrrole nitrogens is 1. The van der Waals surface area contributed by atoms with Crippen LogP contribution in [0.25, 0.3) is 11.3 Å². The van der Waals surface area contributed by atoms with E-state index >= 15 is 0 Å². The first-order valence-corrected chi connectivity index (χ1v) is 9.44. The highest BCUT2D eigenvalue weighted by Crippen LogP contribution is 2.22. The third-order valence-electron chi connectivity index (χ3n) is 5.06. The van der Waals surface area contributed by atoms with Gasteiger partial charge in [0, 0.05) is 55.9 Å². The molecule has 0 atom stereocenters. The number of nitrogens with zero attached hydrogens (tertiary/aromatic N) is 4. The molecular weight excluding hydrogens is 352 g/mol. The number of carbonyl (C=O) groups is 1. The molecule has 0 bridgehead atoms. The zero-order valence-electron chi connectivity index (χ0n) is 16.1. The normalized spacial score (nSPS) is 14.2. The summed E-state index contributed by atoms with van der Waals surface area (Å²) < 4.78 is 0. The monoisotopic (exact) mass is 376 g/mol. The predicted molar refractivity (Wildman–Crippen MR) is 111 cm³/mol. The molecule has 0 saturated carbocycles. The molecule has 1 aromatic carbocycles. The van der Waals surface area contributed by atoms with E-state index in [1.165, 1.54) is 0 Å². The van der Waals surface area contributed by atoms with Gasteiger partial charge in [0.1, 0.15) is 0 Å². The van der Waals surface area contributed by atoms with Gasteiger partial charge < -0.3 is 15.1 Å².